The van der Waals surface area contributed by atoms with Gasteiger partial charge >= 0.3 is 0 Å². The predicted molar refractivity (Wildman–Crippen MR) is 101 cm³/mol. The molecule has 2 aromatic heterocycles. The largest absolute Gasteiger partial charge is 0.339 e. The predicted octanol–water partition coefficient (Wildman–Crippen LogP) is 3.52. The summed E-state index contributed by atoms with van der Waals surface area (Å²) >= 11 is 0. The van der Waals surface area contributed by atoms with Gasteiger partial charge in [0.25, 0.3) is 5.91 Å². The molecule has 0 N–H and O–H groups in total. The van der Waals surface area contributed by atoms with Crippen LogP contribution in [0.1, 0.15) is 40.7 Å². The molecule has 0 spiro atoms. The van der Waals surface area contributed by atoms with E-state index in [0.29, 0.717) is 11.5 Å². The van der Waals surface area contributed by atoms with Crippen LogP contribution in [0.3, 0.4) is 0 Å². The molecule has 3 heterocycles. The number of likely N-dealkylation sites (tertiary alicyclic amines) is 1. The van der Waals surface area contributed by atoms with E-state index in [4.69, 9.17) is 0 Å². The van der Waals surface area contributed by atoms with Crippen LogP contribution in [-0.4, -0.2) is 38.5 Å². The van der Waals surface area contributed by atoms with Crippen LogP contribution >= 0.6 is 0 Å². The highest BCUT2D eigenvalue weighted by atomic mass is 16.2. The zero-order valence-corrected chi connectivity index (χ0v) is 15.1. The summed E-state index contributed by atoms with van der Waals surface area (Å²) < 4.78 is 1.79. The quantitative estimate of drug-likeness (QED) is 0.725. The lowest BCUT2D eigenvalue weighted by Gasteiger charge is -2.32. The number of fused-ring (bicyclic) bond motifs is 1. The number of hydrogen-bond donors (Lipinski definition) is 0. The normalized spacial score (nSPS) is 15.5. The minimum Gasteiger partial charge on any atom is -0.339 e. The topological polar surface area (TPSA) is 50.5 Å². The van der Waals surface area contributed by atoms with Crippen molar-refractivity contribution in [2.75, 3.05) is 13.1 Å². The Hall–Kier alpha value is -2.69. The fourth-order valence-corrected chi connectivity index (χ4v) is 3.69. The van der Waals surface area contributed by atoms with Crippen molar-refractivity contribution in [2.45, 2.75) is 32.6 Å². The van der Waals surface area contributed by atoms with Gasteiger partial charge in [-0.3, -0.25) is 9.20 Å². The summed E-state index contributed by atoms with van der Waals surface area (Å²) in [5.41, 5.74) is 4.19. The Balaban J connectivity index is 1.31. The third-order valence-electron chi connectivity index (χ3n) is 5.40. The minimum absolute atomic E-state index is 0.109. The summed E-state index contributed by atoms with van der Waals surface area (Å²) in [5, 5.41) is 7.84. The van der Waals surface area contributed by atoms with Gasteiger partial charge < -0.3 is 4.90 Å². The van der Waals surface area contributed by atoms with Gasteiger partial charge in [0.05, 0.1) is 5.56 Å². The van der Waals surface area contributed by atoms with E-state index in [-0.39, 0.29) is 5.91 Å². The van der Waals surface area contributed by atoms with Gasteiger partial charge in [0.2, 0.25) is 0 Å². The van der Waals surface area contributed by atoms with Gasteiger partial charge in [0.1, 0.15) is 6.33 Å². The maximum absolute atomic E-state index is 12.8. The standard InChI is InChI=1S/C21H24N4O/c1-16-2-4-17(5-3-16)6-7-18-10-12-24(13-11-18)21(26)19-8-9-20-23-22-15-25(20)14-19/h2-5,8-9,14-15,18H,6-7,10-13H2,1H3. The molecule has 0 unspecified atom stereocenters. The third kappa shape index (κ3) is 3.62. The molecule has 0 bridgehead atoms. The molecule has 0 saturated carbocycles. The van der Waals surface area contributed by atoms with Gasteiger partial charge in [-0.25, -0.2) is 0 Å². The molecule has 26 heavy (non-hydrogen) atoms. The van der Waals surface area contributed by atoms with Crippen LogP contribution in [-0.2, 0) is 6.42 Å². The Morgan fingerprint density at radius 3 is 2.65 bits per heavy atom. The molecule has 1 fully saturated rings. The molecule has 3 aromatic rings. The first-order chi connectivity index (χ1) is 12.7. The van der Waals surface area contributed by atoms with E-state index >= 15 is 0 Å². The lowest BCUT2D eigenvalue weighted by atomic mass is 9.90. The highest BCUT2D eigenvalue weighted by Crippen LogP contribution is 2.23. The van der Waals surface area contributed by atoms with Crippen molar-refractivity contribution in [1.82, 2.24) is 19.5 Å². The minimum atomic E-state index is 0.109. The van der Waals surface area contributed by atoms with Crippen LogP contribution in [0.15, 0.2) is 48.9 Å². The SMILES string of the molecule is Cc1ccc(CCC2CCN(C(=O)c3ccc4nncn4c3)CC2)cc1. The Kier molecular flexibility index (Phi) is 4.69. The molecule has 0 aliphatic carbocycles. The second-order valence-electron chi connectivity index (χ2n) is 7.27. The van der Waals surface area contributed by atoms with Gasteiger partial charge in [0, 0.05) is 19.3 Å². The van der Waals surface area contributed by atoms with Crippen molar-refractivity contribution < 1.29 is 4.79 Å². The van der Waals surface area contributed by atoms with Crippen molar-refractivity contribution >= 4 is 11.6 Å². The van der Waals surface area contributed by atoms with E-state index in [0.717, 1.165) is 38.0 Å². The van der Waals surface area contributed by atoms with Crippen molar-refractivity contribution in [1.29, 1.82) is 0 Å². The van der Waals surface area contributed by atoms with E-state index in [1.54, 1.807) is 10.7 Å². The summed E-state index contributed by atoms with van der Waals surface area (Å²) in [6.07, 6.45) is 7.96. The molecule has 0 atom stereocenters. The molecule has 1 aliphatic heterocycles. The molecule has 1 saturated heterocycles. The van der Waals surface area contributed by atoms with E-state index in [1.807, 2.05) is 23.2 Å². The number of nitrogens with zero attached hydrogens (tertiary/aromatic N) is 4. The number of aromatic nitrogens is 3. The number of rotatable bonds is 4. The molecule has 5 heteroatoms. The number of piperidine rings is 1. The van der Waals surface area contributed by atoms with Gasteiger partial charge in [0.15, 0.2) is 5.65 Å². The number of amides is 1. The molecule has 1 aromatic carbocycles. The Bertz CT molecular complexity index is 892. The zero-order chi connectivity index (χ0) is 17.9. The smallest absolute Gasteiger partial charge is 0.255 e. The summed E-state index contributed by atoms with van der Waals surface area (Å²) in [6.45, 7) is 3.81. The fraction of sp³-hybridized carbons (Fsp3) is 0.381. The first kappa shape index (κ1) is 16.8. The molecule has 4 rings (SSSR count). The van der Waals surface area contributed by atoms with Crippen LogP contribution < -0.4 is 0 Å². The highest BCUT2D eigenvalue weighted by molar-refractivity contribution is 5.94. The lowest BCUT2D eigenvalue weighted by Crippen LogP contribution is -2.38. The first-order valence-corrected chi connectivity index (χ1v) is 9.33. The van der Waals surface area contributed by atoms with Gasteiger partial charge in [-0.15, -0.1) is 10.2 Å². The number of carbonyl (C=O) groups is 1. The van der Waals surface area contributed by atoms with E-state index < -0.39 is 0 Å². The molecule has 1 aliphatic rings. The maximum atomic E-state index is 12.8. The number of benzene rings is 1. The lowest BCUT2D eigenvalue weighted by molar-refractivity contribution is 0.0686. The van der Waals surface area contributed by atoms with Crippen LogP contribution in [0.25, 0.3) is 5.65 Å². The highest BCUT2D eigenvalue weighted by Gasteiger charge is 2.23. The summed E-state index contributed by atoms with van der Waals surface area (Å²) in [5.74, 6) is 0.818. The number of carbonyl (C=O) groups excluding carboxylic acids is 1. The summed E-state index contributed by atoms with van der Waals surface area (Å²) in [7, 11) is 0. The first-order valence-electron chi connectivity index (χ1n) is 9.33. The zero-order valence-electron chi connectivity index (χ0n) is 15.1. The van der Waals surface area contributed by atoms with E-state index in [2.05, 4.69) is 41.4 Å². The van der Waals surface area contributed by atoms with Crippen LogP contribution in [0.4, 0.5) is 0 Å². The maximum Gasteiger partial charge on any atom is 0.255 e. The Labute approximate surface area is 153 Å². The molecule has 0 radical (unpaired) electrons. The number of hydrogen-bond acceptors (Lipinski definition) is 3. The van der Waals surface area contributed by atoms with Gasteiger partial charge in [-0.1, -0.05) is 29.8 Å². The number of aryl methyl sites for hydroxylation is 2. The van der Waals surface area contributed by atoms with E-state index in [1.165, 1.54) is 17.5 Å². The Morgan fingerprint density at radius 1 is 1.12 bits per heavy atom. The van der Waals surface area contributed by atoms with E-state index in [9.17, 15) is 4.79 Å². The van der Waals surface area contributed by atoms with Crippen LogP contribution in [0.5, 0.6) is 0 Å². The van der Waals surface area contributed by atoms with Crippen molar-refractivity contribution in [3.8, 4) is 0 Å². The van der Waals surface area contributed by atoms with Gasteiger partial charge in [-0.2, -0.15) is 0 Å². The van der Waals surface area contributed by atoms with Crippen molar-refractivity contribution in [2.24, 2.45) is 5.92 Å². The molecular weight excluding hydrogens is 324 g/mol. The Morgan fingerprint density at radius 2 is 1.88 bits per heavy atom. The fourth-order valence-electron chi connectivity index (χ4n) is 3.69. The second kappa shape index (κ2) is 7.28. The third-order valence-corrected chi connectivity index (χ3v) is 5.40. The van der Waals surface area contributed by atoms with Crippen molar-refractivity contribution in [3.63, 3.8) is 0 Å². The van der Waals surface area contributed by atoms with Crippen LogP contribution in [0.2, 0.25) is 0 Å². The summed E-state index contributed by atoms with van der Waals surface area (Å²) in [4.78, 5) is 14.7. The molecule has 1 amide bonds. The monoisotopic (exact) mass is 348 g/mol. The van der Waals surface area contributed by atoms with Gasteiger partial charge in [-0.05, 0) is 56.2 Å². The van der Waals surface area contributed by atoms with Crippen LogP contribution in [0, 0.1) is 12.8 Å². The number of pyridine rings is 1. The average Bonchev–Trinajstić information content (AvgIpc) is 3.15. The molecule has 134 valence electrons. The molecule has 5 nitrogen and oxygen atoms in total. The second-order valence-corrected chi connectivity index (χ2v) is 7.27. The molecular formula is C21H24N4O. The average molecular weight is 348 g/mol. The van der Waals surface area contributed by atoms with Crippen molar-refractivity contribution in [3.05, 3.63) is 65.6 Å². The summed E-state index contributed by atoms with van der Waals surface area (Å²) in [6, 6.07) is 12.5.